The summed E-state index contributed by atoms with van der Waals surface area (Å²) in [5.41, 5.74) is 0. The van der Waals surface area contributed by atoms with Gasteiger partial charge in [-0.2, -0.15) is 0 Å². The van der Waals surface area contributed by atoms with Gasteiger partial charge in [-0.3, -0.25) is 9.59 Å². The maximum Gasteiger partial charge on any atom is 0.361 e. The number of carbonyl (C=O) groups excluding carboxylic acids is 2. The van der Waals surface area contributed by atoms with Gasteiger partial charge in [0.25, 0.3) is 6.29 Å². The normalized spacial score (nSPS) is 13.2. The second kappa shape index (κ2) is 54.3. The maximum atomic E-state index is 12.9. The largest absolute Gasteiger partial charge is 0.477 e. The highest BCUT2D eigenvalue weighted by Gasteiger charge is 2.25. The SMILES string of the molecule is CC/C=C\C/C=C\C/C=C\C/C=C\CCCCCCCCCCCCCCCCCCCCCCCCC(=O)OC(COC(=O)CCCCCCC/C=C\CCCCC)COC(OCC[N+](C)(C)C)C(=O)O. The van der Waals surface area contributed by atoms with Gasteiger partial charge in [-0.15, -0.1) is 0 Å². The lowest BCUT2D eigenvalue weighted by Gasteiger charge is -2.25. The van der Waals surface area contributed by atoms with Gasteiger partial charge >= 0.3 is 17.9 Å². The molecule has 0 heterocycles. The van der Waals surface area contributed by atoms with E-state index in [1.54, 1.807) is 0 Å². The maximum absolute atomic E-state index is 12.9. The molecule has 0 radical (unpaired) electrons. The van der Waals surface area contributed by atoms with Crippen molar-refractivity contribution in [2.24, 2.45) is 0 Å². The molecule has 0 saturated heterocycles. The smallest absolute Gasteiger partial charge is 0.361 e. The first kappa shape index (κ1) is 69.0. The molecule has 0 rings (SSSR count). The Hall–Kier alpha value is -3.01. The number of aliphatic carboxylic acids is 1. The minimum absolute atomic E-state index is 0.184. The minimum atomic E-state index is -1.51. The van der Waals surface area contributed by atoms with Gasteiger partial charge in [0, 0.05) is 12.8 Å². The third-order valence-electron chi connectivity index (χ3n) is 13.0. The Morgan fingerprint density at radius 2 is 0.792 bits per heavy atom. The van der Waals surface area contributed by atoms with Crippen LogP contribution in [0, 0.1) is 0 Å². The van der Waals surface area contributed by atoms with Crippen molar-refractivity contribution in [2.45, 2.75) is 277 Å². The van der Waals surface area contributed by atoms with E-state index in [0.717, 1.165) is 83.5 Å². The van der Waals surface area contributed by atoms with E-state index in [1.165, 1.54) is 154 Å². The average Bonchev–Trinajstić information content (AvgIpc) is 3.35. The highest BCUT2D eigenvalue weighted by atomic mass is 16.7. The van der Waals surface area contributed by atoms with Gasteiger partial charge in [0.2, 0.25) is 0 Å². The third kappa shape index (κ3) is 54.8. The van der Waals surface area contributed by atoms with Crippen molar-refractivity contribution in [1.82, 2.24) is 0 Å². The standard InChI is InChI=1S/C63H113NO8/c1-6-8-10-12-14-16-18-20-21-22-23-24-25-26-27-28-29-30-31-32-33-34-35-36-37-38-39-40-41-42-44-46-48-50-52-54-61(66)72-59(58-71-63(62(67)68)69-56-55-64(3,4)5)57-70-60(65)53-51-49-47-45-43-19-17-15-13-11-9-7-2/h8,10,14-17,20-21,23-24,59,63H,6-7,9,11-13,18-19,22,25-58H2,1-5H3/p+1/b10-8-,16-14-,17-15-,21-20-,24-23-. The molecule has 0 saturated carbocycles. The second-order valence-corrected chi connectivity index (χ2v) is 21.3. The van der Waals surface area contributed by atoms with E-state index in [4.69, 9.17) is 18.9 Å². The molecule has 0 bridgehead atoms. The number of ether oxygens (including phenoxy) is 4. The fraction of sp³-hybridized carbons (Fsp3) is 0.794. The van der Waals surface area contributed by atoms with E-state index in [0.29, 0.717) is 17.4 Å². The predicted molar refractivity (Wildman–Crippen MR) is 304 cm³/mol. The lowest BCUT2D eigenvalue weighted by atomic mass is 10.0. The van der Waals surface area contributed by atoms with E-state index in [1.807, 2.05) is 21.1 Å². The van der Waals surface area contributed by atoms with Crippen molar-refractivity contribution >= 4 is 17.9 Å². The van der Waals surface area contributed by atoms with Crippen molar-refractivity contribution in [3.05, 3.63) is 60.8 Å². The summed E-state index contributed by atoms with van der Waals surface area (Å²) in [7, 11) is 5.97. The van der Waals surface area contributed by atoms with E-state index >= 15 is 0 Å². The summed E-state index contributed by atoms with van der Waals surface area (Å²) in [5.74, 6) is -2.01. The molecule has 72 heavy (non-hydrogen) atoms. The first-order valence-corrected chi connectivity index (χ1v) is 30.0. The number of esters is 2. The quantitative estimate of drug-likeness (QED) is 0.0211. The molecule has 0 amide bonds. The van der Waals surface area contributed by atoms with Crippen LogP contribution in [0.4, 0.5) is 0 Å². The lowest BCUT2D eigenvalue weighted by molar-refractivity contribution is -0.870. The van der Waals surface area contributed by atoms with Crippen LogP contribution in [-0.2, 0) is 33.3 Å². The monoisotopic (exact) mass is 1010 g/mol. The third-order valence-corrected chi connectivity index (χ3v) is 13.0. The molecule has 2 atom stereocenters. The molecule has 9 nitrogen and oxygen atoms in total. The first-order chi connectivity index (χ1) is 35.1. The number of carbonyl (C=O) groups is 3. The molecule has 0 aliphatic rings. The van der Waals surface area contributed by atoms with E-state index in [9.17, 15) is 19.5 Å². The van der Waals surface area contributed by atoms with Crippen molar-refractivity contribution in [3.63, 3.8) is 0 Å². The summed E-state index contributed by atoms with van der Waals surface area (Å²) in [5, 5.41) is 9.68. The lowest BCUT2D eigenvalue weighted by Crippen LogP contribution is -2.40. The van der Waals surface area contributed by atoms with Gasteiger partial charge in [0.05, 0.1) is 34.4 Å². The molecule has 0 aliphatic heterocycles. The molecule has 0 fully saturated rings. The van der Waals surface area contributed by atoms with Crippen LogP contribution < -0.4 is 0 Å². The summed E-state index contributed by atoms with van der Waals surface area (Å²) >= 11 is 0. The van der Waals surface area contributed by atoms with Crippen molar-refractivity contribution < 1.29 is 42.9 Å². The Balaban J connectivity index is 4.00. The van der Waals surface area contributed by atoms with Crippen LogP contribution in [0.1, 0.15) is 264 Å². The summed E-state index contributed by atoms with van der Waals surface area (Å²) in [6.07, 6.45) is 66.1. The van der Waals surface area contributed by atoms with Gasteiger partial charge in [-0.25, -0.2) is 4.79 Å². The van der Waals surface area contributed by atoms with Gasteiger partial charge in [0.15, 0.2) is 6.10 Å². The molecular weight excluding hydrogens is 899 g/mol. The van der Waals surface area contributed by atoms with Crippen LogP contribution in [0.5, 0.6) is 0 Å². The van der Waals surface area contributed by atoms with Crippen molar-refractivity contribution in [1.29, 1.82) is 0 Å². The Labute approximate surface area is 444 Å². The Morgan fingerprint density at radius 1 is 0.431 bits per heavy atom. The summed E-state index contributed by atoms with van der Waals surface area (Å²) in [6, 6.07) is 0. The molecule has 1 N–H and O–H groups in total. The highest BCUT2D eigenvalue weighted by molar-refractivity contribution is 5.71. The van der Waals surface area contributed by atoms with E-state index < -0.39 is 24.3 Å². The minimum Gasteiger partial charge on any atom is -0.477 e. The van der Waals surface area contributed by atoms with E-state index in [-0.39, 0.29) is 32.2 Å². The fourth-order valence-corrected chi connectivity index (χ4v) is 8.41. The molecule has 9 heteroatoms. The van der Waals surface area contributed by atoms with Crippen LogP contribution in [0.15, 0.2) is 60.8 Å². The number of likely N-dealkylation sites (N-methyl/N-ethyl adjacent to an activating group) is 1. The fourth-order valence-electron chi connectivity index (χ4n) is 8.41. The topological polar surface area (TPSA) is 108 Å². The number of nitrogens with zero attached hydrogens (tertiary/aromatic N) is 1. The highest BCUT2D eigenvalue weighted by Crippen LogP contribution is 2.17. The number of hydrogen-bond acceptors (Lipinski definition) is 7. The van der Waals surface area contributed by atoms with Crippen LogP contribution in [0.2, 0.25) is 0 Å². The van der Waals surface area contributed by atoms with Gasteiger partial charge in [-0.1, -0.05) is 235 Å². The van der Waals surface area contributed by atoms with Gasteiger partial charge in [-0.05, 0) is 77.0 Å². The number of carboxylic acids is 1. The number of hydrogen-bond donors (Lipinski definition) is 1. The first-order valence-electron chi connectivity index (χ1n) is 30.0. The van der Waals surface area contributed by atoms with Gasteiger partial charge < -0.3 is 28.5 Å². The van der Waals surface area contributed by atoms with Crippen LogP contribution in [0.3, 0.4) is 0 Å². The number of allylic oxidation sites excluding steroid dienone is 10. The van der Waals surface area contributed by atoms with Crippen molar-refractivity contribution in [2.75, 3.05) is 47.5 Å². The van der Waals surface area contributed by atoms with Crippen LogP contribution in [0.25, 0.3) is 0 Å². The molecule has 0 aliphatic carbocycles. The zero-order chi connectivity index (χ0) is 52.7. The molecule has 2 unspecified atom stereocenters. The van der Waals surface area contributed by atoms with E-state index in [2.05, 4.69) is 74.6 Å². The predicted octanol–water partition coefficient (Wildman–Crippen LogP) is 17.6. The molecule has 0 aromatic carbocycles. The van der Waals surface area contributed by atoms with Gasteiger partial charge in [0.1, 0.15) is 13.2 Å². The molecular formula is C63H114NO8+. The molecule has 0 aromatic heterocycles. The Bertz CT molecular complexity index is 1360. The zero-order valence-electron chi connectivity index (χ0n) is 47.6. The van der Waals surface area contributed by atoms with Crippen molar-refractivity contribution in [3.8, 4) is 0 Å². The number of carboxylic acid groups (broad SMARTS) is 1. The molecule has 0 spiro atoms. The number of quaternary nitrogens is 1. The number of rotatable bonds is 55. The molecule has 418 valence electrons. The number of unbranched alkanes of at least 4 members (excludes halogenated alkanes) is 30. The summed E-state index contributed by atoms with van der Waals surface area (Å²) in [4.78, 5) is 37.3. The Kier molecular flexibility index (Phi) is 52.0. The second-order valence-electron chi connectivity index (χ2n) is 21.3. The Morgan fingerprint density at radius 3 is 1.19 bits per heavy atom. The van der Waals surface area contributed by atoms with Crippen LogP contribution >= 0.6 is 0 Å². The summed E-state index contributed by atoms with van der Waals surface area (Å²) in [6.45, 7) is 4.75. The average molecular weight is 1010 g/mol. The van der Waals surface area contributed by atoms with Crippen LogP contribution in [-0.4, -0.2) is 87.4 Å². The zero-order valence-corrected chi connectivity index (χ0v) is 47.6. The summed E-state index contributed by atoms with van der Waals surface area (Å²) < 4.78 is 22.8. The molecule has 0 aromatic rings.